The molecule has 4 nitrogen and oxygen atoms in total. The van der Waals surface area contributed by atoms with Crippen molar-refractivity contribution < 1.29 is 14.6 Å². The van der Waals surface area contributed by atoms with Gasteiger partial charge >= 0.3 is 5.97 Å². The van der Waals surface area contributed by atoms with E-state index in [1.54, 1.807) is 12.4 Å². The largest absolute Gasteiger partial charge is 0.469 e. The second kappa shape index (κ2) is 9.28. The summed E-state index contributed by atoms with van der Waals surface area (Å²) < 4.78 is 4.61. The Bertz CT molecular complexity index is 390. The summed E-state index contributed by atoms with van der Waals surface area (Å²) in [6.07, 6.45) is 10.4. The van der Waals surface area contributed by atoms with Crippen molar-refractivity contribution in [1.29, 1.82) is 0 Å². The average molecular weight is 263 g/mol. The van der Waals surface area contributed by atoms with Crippen molar-refractivity contribution in [3.8, 4) is 0 Å². The molecule has 0 saturated heterocycles. The van der Waals surface area contributed by atoms with Crippen LogP contribution in [0.2, 0.25) is 0 Å². The SMILES string of the molecule is COC(=O)CCC[C@H](/C=C/c1cccnc1)CCO. The molecular weight excluding hydrogens is 242 g/mol. The molecular formula is C15H21NO3. The van der Waals surface area contributed by atoms with Gasteiger partial charge in [0.05, 0.1) is 7.11 Å². The highest BCUT2D eigenvalue weighted by Crippen LogP contribution is 2.16. The Balaban J connectivity index is 2.43. The summed E-state index contributed by atoms with van der Waals surface area (Å²) in [4.78, 5) is 15.1. The number of rotatable bonds is 8. The lowest BCUT2D eigenvalue weighted by molar-refractivity contribution is -0.140. The summed E-state index contributed by atoms with van der Waals surface area (Å²) >= 11 is 0. The molecule has 0 aromatic carbocycles. The minimum Gasteiger partial charge on any atom is -0.469 e. The molecule has 0 bridgehead atoms. The molecule has 0 unspecified atom stereocenters. The van der Waals surface area contributed by atoms with Crippen LogP contribution < -0.4 is 0 Å². The highest BCUT2D eigenvalue weighted by atomic mass is 16.5. The van der Waals surface area contributed by atoms with Crippen molar-refractivity contribution in [2.75, 3.05) is 13.7 Å². The summed E-state index contributed by atoms with van der Waals surface area (Å²) in [5.41, 5.74) is 1.04. The molecule has 1 rings (SSSR count). The van der Waals surface area contributed by atoms with E-state index >= 15 is 0 Å². The van der Waals surface area contributed by atoms with Gasteiger partial charge in [0.25, 0.3) is 0 Å². The number of carbonyl (C=O) groups excluding carboxylic acids is 1. The number of ether oxygens (including phenoxy) is 1. The highest BCUT2D eigenvalue weighted by Gasteiger charge is 2.06. The number of allylic oxidation sites excluding steroid dienone is 1. The molecule has 0 fully saturated rings. The van der Waals surface area contributed by atoms with Gasteiger partial charge in [-0.05, 0) is 36.8 Å². The highest BCUT2D eigenvalue weighted by molar-refractivity contribution is 5.69. The number of esters is 1. The zero-order valence-electron chi connectivity index (χ0n) is 11.3. The molecule has 1 atom stereocenters. The topological polar surface area (TPSA) is 59.4 Å². The third-order valence-corrected chi connectivity index (χ3v) is 2.93. The van der Waals surface area contributed by atoms with E-state index in [2.05, 4.69) is 15.8 Å². The molecule has 0 aliphatic rings. The molecule has 1 heterocycles. The number of hydrogen-bond acceptors (Lipinski definition) is 4. The number of carbonyl (C=O) groups is 1. The first-order valence-corrected chi connectivity index (χ1v) is 6.52. The molecule has 1 N–H and O–H groups in total. The van der Waals surface area contributed by atoms with Crippen LogP contribution in [-0.2, 0) is 9.53 Å². The smallest absolute Gasteiger partial charge is 0.305 e. The maximum absolute atomic E-state index is 11.0. The number of aliphatic hydroxyl groups is 1. The van der Waals surface area contributed by atoms with Gasteiger partial charge in [-0.25, -0.2) is 0 Å². The first kappa shape index (κ1) is 15.4. The van der Waals surface area contributed by atoms with Gasteiger partial charge in [0.15, 0.2) is 0 Å². The minimum atomic E-state index is -0.181. The molecule has 0 aliphatic heterocycles. The number of pyridine rings is 1. The van der Waals surface area contributed by atoms with E-state index in [-0.39, 0.29) is 18.5 Å². The quantitative estimate of drug-likeness (QED) is 0.732. The monoisotopic (exact) mass is 263 g/mol. The summed E-state index contributed by atoms with van der Waals surface area (Å²) in [6.45, 7) is 0.153. The Morgan fingerprint density at radius 2 is 2.37 bits per heavy atom. The van der Waals surface area contributed by atoms with Crippen LogP contribution in [0.5, 0.6) is 0 Å². The van der Waals surface area contributed by atoms with Crippen LogP contribution in [0.4, 0.5) is 0 Å². The van der Waals surface area contributed by atoms with Crippen LogP contribution in [0.25, 0.3) is 6.08 Å². The summed E-state index contributed by atoms with van der Waals surface area (Å²) in [5, 5.41) is 9.05. The van der Waals surface area contributed by atoms with Crippen LogP contribution in [0.3, 0.4) is 0 Å². The van der Waals surface area contributed by atoms with E-state index < -0.39 is 0 Å². The van der Waals surface area contributed by atoms with E-state index in [0.717, 1.165) is 18.4 Å². The summed E-state index contributed by atoms with van der Waals surface area (Å²) in [7, 11) is 1.40. The fourth-order valence-corrected chi connectivity index (χ4v) is 1.84. The summed E-state index contributed by atoms with van der Waals surface area (Å²) in [6, 6.07) is 3.87. The van der Waals surface area contributed by atoms with Crippen LogP contribution >= 0.6 is 0 Å². The Morgan fingerprint density at radius 1 is 1.53 bits per heavy atom. The second-order valence-electron chi connectivity index (χ2n) is 4.39. The van der Waals surface area contributed by atoms with Gasteiger partial charge < -0.3 is 9.84 Å². The normalized spacial score (nSPS) is 12.5. The fourth-order valence-electron chi connectivity index (χ4n) is 1.84. The van der Waals surface area contributed by atoms with Crippen LogP contribution in [0, 0.1) is 5.92 Å². The first-order chi connectivity index (χ1) is 9.26. The van der Waals surface area contributed by atoms with Gasteiger partial charge in [-0.3, -0.25) is 9.78 Å². The predicted molar refractivity (Wildman–Crippen MR) is 74.3 cm³/mol. The minimum absolute atomic E-state index is 0.153. The van der Waals surface area contributed by atoms with Crippen molar-refractivity contribution >= 4 is 12.0 Å². The number of aromatic nitrogens is 1. The van der Waals surface area contributed by atoms with E-state index in [4.69, 9.17) is 5.11 Å². The van der Waals surface area contributed by atoms with Crippen LogP contribution in [-0.4, -0.2) is 29.8 Å². The Morgan fingerprint density at radius 3 is 3.00 bits per heavy atom. The maximum Gasteiger partial charge on any atom is 0.305 e. The average Bonchev–Trinajstić information content (AvgIpc) is 2.45. The Kier molecular flexibility index (Phi) is 7.51. The van der Waals surface area contributed by atoms with Crippen molar-refractivity contribution in [3.05, 3.63) is 36.2 Å². The van der Waals surface area contributed by atoms with E-state index in [1.807, 2.05) is 18.2 Å². The van der Waals surface area contributed by atoms with Gasteiger partial charge in [0.2, 0.25) is 0 Å². The zero-order chi connectivity index (χ0) is 13.9. The number of methoxy groups -OCH3 is 1. The molecule has 0 saturated carbocycles. The van der Waals surface area contributed by atoms with E-state index in [9.17, 15) is 4.79 Å². The lowest BCUT2D eigenvalue weighted by atomic mass is 9.97. The maximum atomic E-state index is 11.0. The third kappa shape index (κ3) is 6.72. The lowest BCUT2D eigenvalue weighted by Gasteiger charge is -2.10. The van der Waals surface area contributed by atoms with Gasteiger partial charge in [-0.15, -0.1) is 0 Å². The molecule has 1 aromatic heterocycles. The molecule has 4 heteroatoms. The van der Waals surface area contributed by atoms with Gasteiger partial charge in [0.1, 0.15) is 0 Å². The molecule has 0 spiro atoms. The van der Waals surface area contributed by atoms with Gasteiger partial charge in [-0.1, -0.05) is 18.2 Å². The standard InChI is InChI=1S/C15H21NO3/c1-19-15(18)6-2-4-13(9-11-17)7-8-14-5-3-10-16-12-14/h3,5,7-8,10,12-13,17H,2,4,6,9,11H2,1H3/b8-7+/t13-/m1/s1. The number of aliphatic hydroxyl groups excluding tert-OH is 1. The van der Waals surface area contributed by atoms with E-state index in [1.165, 1.54) is 7.11 Å². The molecule has 0 amide bonds. The Labute approximate surface area is 114 Å². The lowest BCUT2D eigenvalue weighted by Crippen LogP contribution is -2.04. The number of nitrogens with zero attached hydrogens (tertiary/aromatic N) is 1. The second-order valence-corrected chi connectivity index (χ2v) is 4.39. The zero-order valence-corrected chi connectivity index (χ0v) is 11.3. The third-order valence-electron chi connectivity index (χ3n) is 2.93. The summed E-state index contributed by atoms with van der Waals surface area (Å²) in [5.74, 6) is 0.0915. The fraction of sp³-hybridized carbons (Fsp3) is 0.467. The van der Waals surface area contributed by atoms with Gasteiger partial charge in [-0.2, -0.15) is 0 Å². The van der Waals surface area contributed by atoms with Gasteiger partial charge in [0, 0.05) is 25.4 Å². The first-order valence-electron chi connectivity index (χ1n) is 6.52. The Hall–Kier alpha value is -1.68. The van der Waals surface area contributed by atoms with E-state index in [0.29, 0.717) is 12.8 Å². The molecule has 0 aliphatic carbocycles. The van der Waals surface area contributed by atoms with Crippen molar-refractivity contribution in [2.24, 2.45) is 5.92 Å². The molecule has 104 valence electrons. The van der Waals surface area contributed by atoms with Crippen molar-refractivity contribution in [2.45, 2.75) is 25.7 Å². The van der Waals surface area contributed by atoms with Crippen LogP contribution in [0.15, 0.2) is 30.6 Å². The predicted octanol–water partition coefficient (Wildman–Crippen LogP) is 2.44. The molecule has 1 aromatic rings. The van der Waals surface area contributed by atoms with Crippen molar-refractivity contribution in [3.63, 3.8) is 0 Å². The number of hydrogen-bond donors (Lipinski definition) is 1. The van der Waals surface area contributed by atoms with Crippen LogP contribution in [0.1, 0.15) is 31.2 Å². The molecule has 0 radical (unpaired) electrons. The van der Waals surface area contributed by atoms with Crippen molar-refractivity contribution in [1.82, 2.24) is 4.98 Å². The molecule has 19 heavy (non-hydrogen) atoms.